The van der Waals surface area contributed by atoms with Crippen molar-refractivity contribution in [3.63, 3.8) is 0 Å². The summed E-state index contributed by atoms with van der Waals surface area (Å²) < 4.78 is 29.8. The molecule has 0 amide bonds. The van der Waals surface area contributed by atoms with Crippen molar-refractivity contribution in [2.24, 2.45) is 11.1 Å². The van der Waals surface area contributed by atoms with E-state index in [1.54, 1.807) is 23.1 Å². The summed E-state index contributed by atoms with van der Waals surface area (Å²) >= 11 is 0. The average molecular weight is 416 g/mol. The first kappa shape index (κ1) is 19.8. The van der Waals surface area contributed by atoms with Gasteiger partial charge in [-0.2, -0.15) is 5.10 Å². The third-order valence-electron chi connectivity index (χ3n) is 5.42. The van der Waals surface area contributed by atoms with E-state index in [9.17, 15) is 8.42 Å². The minimum Gasteiger partial charge on any atom is -0.365 e. The smallest absolute Gasteiger partial charge is 0.238 e. The molecule has 4 rings (SSSR count). The van der Waals surface area contributed by atoms with E-state index >= 15 is 0 Å². The summed E-state index contributed by atoms with van der Waals surface area (Å²) in [5, 5.41) is 13.9. The van der Waals surface area contributed by atoms with E-state index in [2.05, 4.69) is 5.16 Å². The van der Waals surface area contributed by atoms with Gasteiger partial charge in [-0.05, 0) is 30.2 Å². The lowest BCUT2D eigenvalue weighted by atomic mass is 9.87. The molecule has 8 nitrogen and oxygen atoms in total. The maximum atomic E-state index is 11.5. The van der Waals surface area contributed by atoms with Gasteiger partial charge in [-0.15, -0.1) is 0 Å². The van der Waals surface area contributed by atoms with E-state index in [4.69, 9.17) is 19.7 Å². The van der Waals surface area contributed by atoms with Crippen LogP contribution in [0.15, 0.2) is 46.0 Å². The van der Waals surface area contributed by atoms with Crippen LogP contribution < -0.4 is 5.14 Å². The fraction of sp³-hybridized carbons (Fsp3) is 0.450. The number of benzene rings is 1. The van der Waals surface area contributed by atoms with Crippen molar-refractivity contribution < 1.29 is 12.9 Å². The highest BCUT2D eigenvalue weighted by Crippen LogP contribution is 2.26. The maximum absolute atomic E-state index is 11.5. The van der Waals surface area contributed by atoms with Gasteiger partial charge in [0, 0.05) is 25.3 Å². The van der Waals surface area contributed by atoms with Crippen LogP contribution in [-0.2, 0) is 29.3 Å². The molecule has 0 radical (unpaired) electrons. The molecule has 0 saturated heterocycles. The van der Waals surface area contributed by atoms with Gasteiger partial charge in [-0.25, -0.2) is 23.2 Å². The Labute approximate surface area is 170 Å². The third kappa shape index (κ3) is 4.91. The number of aromatic nitrogens is 4. The fourth-order valence-corrected chi connectivity index (χ4v) is 4.40. The SMILES string of the molecule is NS(=O)(=O)c1ccc(-n2nc(CC3CCCCC3)nc2CCc2ccon2)cc1. The largest absolute Gasteiger partial charge is 0.365 e. The van der Waals surface area contributed by atoms with Crippen LogP contribution in [0, 0.1) is 5.92 Å². The Morgan fingerprint density at radius 3 is 2.48 bits per heavy atom. The van der Waals surface area contributed by atoms with Gasteiger partial charge in [-0.1, -0.05) is 37.3 Å². The molecule has 154 valence electrons. The van der Waals surface area contributed by atoms with Crippen molar-refractivity contribution in [3.8, 4) is 5.69 Å². The van der Waals surface area contributed by atoms with Crippen molar-refractivity contribution in [1.29, 1.82) is 0 Å². The number of primary sulfonamides is 1. The van der Waals surface area contributed by atoms with Crippen LogP contribution in [0.3, 0.4) is 0 Å². The molecule has 0 atom stereocenters. The highest BCUT2D eigenvalue weighted by molar-refractivity contribution is 7.89. The van der Waals surface area contributed by atoms with Gasteiger partial charge in [0.05, 0.1) is 16.3 Å². The Morgan fingerprint density at radius 2 is 1.83 bits per heavy atom. The monoisotopic (exact) mass is 415 g/mol. The number of nitrogens with two attached hydrogens (primary N) is 1. The molecule has 2 aromatic heterocycles. The Morgan fingerprint density at radius 1 is 1.07 bits per heavy atom. The lowest BCUT2D eigenvalue weighted by Crippen LogP contribution is -2.12. The summed E-state index contributed by atoms with van der Waals surface area (Å²) in [5.74, 6) is 2.29. The Balaban J connectivity index is 1.60. The first-order valence-corrected chi connectivity index (χ1v) is 11.5. The molecule has 2 N–H and O–H groups in total. The van der Waals surface area contributed by atoms with E-state index in [0.717, 1.165) is 29.5 Å². The van der Waals surface area contributed by atoms with E-state index in [0.29, 0.717) is 18.8 Å². The summed E-state index contributed by atoms with van der Waals surface area (Å²) in [7, 11) is -3.73. The summed E-state index contributed by atoms with van der Waals surface area (Å²) in [6, 6.07) is 8.24. The van der Waals surface area contributed by atoms with Crippen LogP contribution >= 0.6 is 0 Å². The molecular formula is C20H25N5O3S. The summed E-state index contributed by atoms with van der Waals surface area (Å²) in [6.45, 7) is 0. The Hall–Kier alpha value is -2.52. The van der Waals surface area contributed by atoms with Gasteiger partial charge in [0.2, 0.25) is 10.0 Å². The fourth-order valence-electron chi connectivity index (χ4n) is 3.88. The molecule has 0 spiro atoms. The summed E-state index contributed by atoms with van der Waals surface area (Å²) in [5.41, 5.74) is 1.62. The van der Waals surface area contributed by atoms with E-state index in [-0.39, 0.29) is 4.90 Å². The van der Waals surface area contributed by atoms with Crippen molar-refractivity contribution in [2.45, 2.75) is 56.3 Å². The summed E-state index contributed by atoms with van der Waals surface area (Å²) in [6.07, 6.45) is 10.1. The number of rotatable bonds is 7. The van der Waals surface area contributed by atoms with Gasteiger partial charge in [0.25, 0.3) is 0 Å². The second-order valence-electron chi connectivity index (χ2n) is 7.59. The summed E-state index contributed by atoms with van der Waals surface area (Å²) in [4.78, 5) is 4.88. The topological polar surface area (TPSA) is 117 Å². The predicted octanol–water partition coefficient (Wildman–Crippen LogP) is 2.81. The predicted molar refractivity (Wildman–Crippen MR) is 107 cm³/mol. The minimum atomic E-state index is -3.73. The molecule has 1 aliphatic rings. The van der Waals surface area contributed by atoms with E-state index < -0.39 is 10.0 Å². The van der Waals surface area contributed by atoms with E-state index in [1.165, 1.54) is 44.2 Å². The zero-order chi connectivity index (χ0) is 20.3. The maximum Gasteiger partial charge on any atom is 0.238 e. The molecule has 1 saturated carbocycles. The van der Waals surface area contributed by atoms with Gasteiger partial charge in [-0.3, -0.25) is 0 Å². The lowest BCUT2D eigenvalue weighted by Gasteiger charge is -2.19. The molecule has 9 heteroatoms. The molecule has 0 aliphatic heterocycles. The standard InChI is InChI=1S/C20H25N5O3S/c21-29(26,27)18-9-7-17(8-10-18)25-20(11-6-16-12-13-28-24-16)22-19(23-25)14-15-4-2-1-3-5-15/h7-10,12-13,15H,1-6,11,14H2,(H2,21,26,27). The molecule has 1 aromatic carbocycles. The zero-order valence-corrected chi connectivity index (χ0v) is 17.0. The highest BCUT2D eigenvalue weighted by atomic mass is 32.2. The second-order valence-corrected chi connectivity index (χ2v) is 9.16. The molecule has 0 unspecified atom stereocenters. The number of nitrogens with zero attached hydrogens (tertiary/aromatic N) is 4. The molecule has 1 fully saturated rings. The molecule has 29 heavy (non-hydrogen) atoms. The molecule has 1 aliphatic carbocycles. The lowest BCUT2D eigenvalue weighted by molar-refractivity contribution is 0.351. The van der Waals surface area contributed by atoms with Crippen LogP contribution in [0.2, 0.25) is 0 Å². The number of aryl methyl sites for hydroxylation is 2. The first-order valence-electron chi connectivity index (χ1n) is 9.96. The van der Waals surface area contributed by atoms with Crippen LogP contribution in [-0.4, -0.2) is 28.3 Å². The van der Waals surface area contributed by atoms with Crippen molar-refractivity contribution >= 4 is 10.0 Å². The minimum absolute atomic E-state index is 0.0768. The van der Waals surface area contributed by atoms with Crippen LogP contribution in [0.1, 0.15) is 49.4 Å². The highest BCUT2D eigenvalue weighted by Gasteiger charge is 2.19. The average Bonchev–Trinajstić information content (AvgIpc) is 3.36. The van der Waals surface area contributed by atoms with Crippen LogP contribution in [0.5, 0.6) is 0 Å². The van der Waals surface area contributed by atoms with Crippen molar-refractivity contribution in [1.82, 2.24) is 19.9 Å². The van der Waals surface area contributed by atoms with Crippen molar-refractivity contribution in [3.05, 3.63) is 53.9 Å². The van der Waals surface area contributed by atoms with Crippen LogP contribution in [0.4, 0.5) is 0 Å². The second kappa shape index (κ2) is 8.46. The number of hydrogen-bond donors (Lipinski definition) is 1. The zero-order valence-electron chi connectivity index (χ0n) is 16.2. The Kier molecular flexibility index (Phi) is 5.77. The van der Waals surface area contributed by atoms with Crippen LogP contribution in [0.25, 0.3) is 5.69 Å². The van der Waals surface area contributed by atoms with E-state index in [1.807, 2.05) is 6.07 Å². The normalized spacial score (nSPS) is 15.6. The molecule has 2 heterocycles. The third-order valence-corrected chi connectivity index (χ3v) is 6.35. The van der Waals surface area contributed by atoms with Gasteiger partial charge < -0.3 is 4.52 Å². The first-order chi connectivity index (χ1) is 14.0. The molecule has 0 bridgehead atoms. The quantitative estimate of drug-likeness (QED) is 0.634. The molecule has 3 aromatic rings. The van der Waals surface area contributed by atoms with Gasteiger partial charge >= 0.3 is 0 Å². The number of sulfonamides is 1. The Bertz CT molecular complexity index is 1040. The van der Waals surface area contributed by atoms with Gasteiger partial charge in [0.1, 0.15) is 12.1 Å². The number of hydrogen-bond acceptors (Lipinski definition) is 6. The molecular weight excluding hydrogens is 390 g/mol. The van der Waals surface area contributed by atoms with Gasteiger partial charge in [0.15, 0.2) is 5.82 Å². The van der Waals surface area contributed by atoms with Crippen molar-refractivity contribution in [2.75, 3.05) is 0 Å².